The first kappa shape index (κ1) is 27.3. The highest BCUT2D eigenvalue weighted by atomic mass is 35.5. The van der Waals surface area contributed by atoms with Crippen molar-refractivity contribution in [2.75, 3.05) is 0 Å². The van der Waals surface area contributed by atoms with Crippen LogP contribution in [0.1, 0.15) is 97.3 Å². The lowest BCUT2D eigenvalue weighted by atomic mass is 10.1. The van der Waals surface area contributed by atoms with Crippen molar-refractivity contribution in [2.45, 2.75) is 97.3 Å². The molecule has 0 amide bonds. The van der Waals surface area contributed by atoms with Crippen LogP contribution in [0.3, 0.4) is 0 Å². The van der Waals surface area contributed by atoms with Crippen LogP contribution < -0.4 is 0 Å². The average Bonchev–Trinajstić information content (AvgIpc) is 2.26. The van der Waals surface area contributed by atoms with E-state index >= 15 is 0 Å². The molecule has 0 aromatic rings. The smallest absolute Gasteiger partial charge is 0.0533 e. The maximum atomic E-state index is 2.29. The summed E-state index contributed by atoms with van der Waals surface area (Å²) >= 11 is 0. The molecule has 3 heteroatoms. The van der Waals surface area contributed by atoms with Crippen molar-refractivity contribution in [1.29, 1.82) is 0 Å². The highest BCUT2D eigenvalue weighted by molar-refractivity contribution is 5.86. The Morgan fingerprint density at radius 2 is 0.500 bits per heavy atom. The van der Waals surface area contributed by atoms with Crippen LogP contribution in [-0.4, -0.2) is 0 Å². The predicted octanol–water partition coefficient (Wildman–Crippen LogP) is 7.36. The molecular formula is C15H35Cl3. The fourth-order valence-electron chi connectivity index (χ4n) is 2.09. The second-order valence-electron chi connectivity index (χ2n) is 4.89. The summed E-state index contributed by atoms with van der Waals surface area (Å²) in [6.45, 7) is 4.58. The van der Waals surface area contributed by atoms with Crippen LogP contribution in [0.25, 0.3) is 0 Å². The van der Waals surface area contributed by atoms with E-state index in [2.05, 4.69) is 13.8 Å². The van der Waals surface area contributed by atoms with Gasteiger partial charge in [0.2, 0.25) is 0 Å². The molecule has 0 fully saturated rings. The molecule has 0 saturated heterocycles. The summed E-state index contributed by atoms with van der Waals surface area (Å²) in [7, 11) is 0. The molecule has 0 heterocycles. The Bertz CT molecular complexity index is 95.9. The molecule has 0 aromatic heterocycles. The summed E-state index contributed by atoms with van der Waals surface area (Å²) in [6.07, 6.45) is 18.9. The normalized spacial score (nSPS) is 9.00. The van der Waals surface area contributed by atoms with E-state index in [1.165, 1.54) is 83.5 Å². The molecular weight excluding hydrogens is 287 g/mol. The van der Waals surface area contributed by atoms with Crippen molar-refractivity contribution in [2.24, 2.45) is 0 Å². The molecule has 0 aliphatic heterocycles. The summed E-state index contributed by atoms with van der Waals surface area (Å²) in [5.41, 5.74) is 0. The first-order valence-electron chi connectivity index (χ1n) is 7.41. The fourth-order valence-corrected chi connectivity index (χ4v) is 2.09. The van der Waals surface area contributed by atoms with E-state index in [4.69, 9.17) is 0 Å². The van der Waals surface area contributed by atoms with Gasteiger partial charge < -0.3 is 0 Å². The zero-order valence-corrected chi connectivity index (χ0v) is 14.9. The summed E-state index contributed by atoms with van der Waals surface area (Å²) in [4.78, 5) is 0. The van der Waals surface area contributed by atoms with Crippen LogP contribution in [0.4, 0.5) is 0 Å². The molecule has 0 rings (SSSR count). The van der Waals surface area contributed by atoms with Crippen molar-refractivity contribution in [3.05, 3.63) is 0 Å². The van der Waals surface area contributed by atoms with Gasteiger partial charge in [0.25, 0.3) is 0 Å². The largest absolute Gasteiger partial charge is 0.147 e. The number of hydrogen-bond donors (Lipinski definition) is 0. The lowest BCUT2D eigenvalue weighted by molar-refractivity contribution is 0.542. The van der Waals surface area contributed by atoms with E-state index in [9.17, 15) is 0 Å². The quantitative estimate of drug-likeness (QED) is 0.329. The number of unbranched alkanes of at least 4 members (excludes halogenated alkanes) is 12. The van der Waals surface area contributed by atoms with Crippen molar-refractivity contribution in [1.82, 2.24) is 0 Å². The molecule has 116 valence electrons. The standard InChI is InChI=1S/C15H32.3ClH/c1-3-5-7-9-11-13-15-14-12-10-8-6-4-2;;;/h3-15H2,1-2H3;3*1H. The molecule has 0 atom stereocenters. The SMILES string of the molecule is CCCCCCCCCCCCCCC.Cl.Cl.Cl. The van der Waals surface area contributed by atoms with Gasteiger partial charge in [0, 0.05) is 0 Å². The zero-order chi connectivity index (χ0) is 11.2. The van der Waals surface area contributed by atoms with E-state index in [1.807, 2.05) is 0 Å². The van der Waals surface area contributed by atoms with Gasteiger partial charge in [-0.25, -0.2) is 0 Å². The molecule has 0 spiro atoms. The van der Waals surface area contributed by atoms with Crippen LogP contribution in [-0.2, 0) is 0 Å². The van der Waals surface area contributed by atoms with Gasteiger partial charge in [0.1, 0.15) is 0 Å². The van der Waals surface area contributed by atoms with Gasteiger partial charge in [-0.2, -0.15) is 0 Å². The monoisotopic (exact) mass is 320 g/mol. The molecule has 0 aliphatic carbocycles. The summed E-state index contributed by atoms with van der Waals surface area (Å²) in [5.74, 6) is 0. The van der Waals surface area contributed by atoms with Gasteiger partial charge >= 0.3 is 0 Å². The summed E-state index contributed by atoms with van der Waals surface area (Å²) in [6, 6.07) is 0. The molecule has 0 aliphatic rings. The second kappa shape index (κ2) is 26.4. The first-order valence-corrected chi connectivity index (χ1v) is 7.41. The van der Waals surface area contributed by atoms with Crippen LogP contribution in [0, 0.1) is 0 Å². The van der Waals surface area contributed by atoms with E-state index in [0.717, 1.165) is 0 Å². The maximum Gasteiger partial charge on any atom is -0.0533 e. The topological polar surface area (TPSA) is 0 Å². The van der Waals surface area contributed by atoms with E-state index in [0.29, 0.717) is 0 Å². The molecule has 0 unspecified atom stereocenters. The molecule has 0 N–H and O–H groups in total. The van der Waals surface area contributed by atoms with Gasteiger partial charge in [-0.15, -0.1) is 37.2 Å². The fraction of sp³-hybridized carbons (Fsp3) is 1.00. The molecule has 0 saturated carbocycles. The highest BCUT2D eigenvalue weighted by Crippen LogP contribution is 2.12. The third kappa shape index (κ3) is 25.7. The van der Waals surface area contributed by atoms with Gasteiger partial charge in [-0.3, -0.25) is 0 Å². The average molecular weight is 322 g/mol. The predicted molar refractivity (Wildman–Crippen MR) is 93.1 cm³/mol. The minimum Gasteiger partial charge on any atom is -0.147 e. The Labute approximate surface area is 134 Å². The minimum absolute atomic E-state index is 0. The van der Waals surface area contributed by atoms with Crippen molar-refractivity contribution < 1.29 is 0 Å². The van der Waals surface area contributed by atoms with E-state index in [1.54, 1.807) is 0 Å². The van der Waals surface area contributed by atoms with E-state index in [-0.39, 0.29) is 37.2 Å². The molecule has 0 bridgehead atoms. The number of halogens is 3. The molecule has 0 radical (unpaired) electrons. The second-order valence-corrected chi connectivity index (χ2v) is 4.89. The molecule has 0 nitrogen and oxygen atoms in total. The van der Waals surface area contributed by atoms with Crippen molar-refractivity contribution >= 4 is 37.2 Å². The lowest BCUT2D eigenvalue weighted by Crippen LogP contribution is -1.82. The van der Waals surface area contributed by atoms with E-state index < -0.39 is 0 Å². The summed E-state index contributed by atoms with van der Waals surface area (Å²) in [5, 5.41) is 0. The van der Waals surface area contributed by atoms with Gasteiger partial charge in [0.15, 0.2) is 0 Å². The number of rotatable bonds is 12. The Hall–Kier alpha value is 0.870. The summed E-state index contributed by atoms with van der Waals surface area (Å²) < 4.78 is 0. The lowest BCUT2D eigenvalue weighted by Gasteiger charge is -2.01. The van der Waals surface area contributed by atoms with Gasteiger partial charge in [-0.05, 0) is 0 Å². The zero-order valence-electron chi connectivity index (χ0n) is 12.4. The van der Waals surface area contributed by atoms with Crippen LogP contribution in [0.2, 0.25) is 0 Å². The Morgan fingerprint density at radius 3 is 0.667 bits per heavy atom. The van der Waals surface area contributed by atoms with Crippen LogP contribution in [0.15, 0.2) is 0 Å². The third-order valence-corrected chi connectivity index (χ3v) is 3.21. The van der Waals surface area contributed by atoms with Crippen LogP contribution in [0.5, 0.6) is 0 Å². The number of hydrogen-bond acceptors (Lipinski definition) is 0. The first-order chi connectivity index (χ1) is 7.41. The maximum absolute atomic E-state index is 2.29. The van der Waals surface area contributed by atoms with Crippen molar-refractivity contribution in [3.8, 4) is 0 Å². The third-order valence-electron chi connectivity index (χ3n) is 3.21. The van der Waals surface area contributed by atoms with Crippen molar-refractivity contribution in [3.63, 3.8) is 0 Å². The Kier molecular flexibility index (Phi) is 40.0. The minimum atomic E-state index is 0. The Morgan fingerprint density at radius 1 is 0.333 bits per heavy atom. The molecule has 0 aromatic carbocycles. The van der Waals surface area contributed by atoms with Gasteiger partial charge in [0.05, 0.1) is 0 Å². The molecule has 18 heavy (non-hydrogen) atoms. The van der Waals surface area contributed by atoms with Gasteiger partial charge in [-0.1, -0.05) is 97.3 Å². The Balaban J connectivity index is -0.000000327. The van der Waals surface area contributed by atoms with Crippen LogP contribution >= 0.6 is 37.2 Å². The highest BCUT2D eigenvalue weighted by Gasteiger charge is 1.92.